The maximum atomic E-state index is 12.4. The number of unbranched alkanes of at least 4 members (excludes halogenated alkanes) is 4. The molecule has 1 aliphatic rings. The van der Waals surface area contributed by atoms with E-state index in [1.807, 2.05) is 18.3 Å². The molecule has 0 saturated heterocycles. The van der Waals surface area contributed by atoms with Gasteiger partial charge in [0, 0.05) is 12.0 Å². The summed E-state index contributed by atoms with van der Waals surface area (Å²) in [4.78, 5) is 12.4. The number of hydrogen-bond acceptors (Lipinski definition) is 2. The molecule has 1 aliphatic heterocycles. The molecule has 0 aromatic heterocycles. The molecule has 21 heavy (non-hydrogen) atoms. The Morgan fingerprint density at radius 2 is 2.00 bits per heavy atom. The van der Waals surface area contributed by atoms with Crippen LogP contribution >= 0.6 is 0 Å². The highest BCUT2D eigenvalue weighted by molar-refractivity contribution is 5.91. The van der Waals surface area contributed by atoms with Crippen molar-refractivity contribution < 1.29 is 9.90 Å². The highest BCUT2D eigenvalue weighted by atomic mass is 16.3. The van der Waals surface area contributed by atoms with E-state index in [4.69, 9.17) is 0 Å². The summed E-state index contributed by atoms with van der Waals surface area (Å²) in [6, 6.07) is 5.54. The van der Waals surface area contributed by atoms with Crippen LogP contribution in [0, 0.1) is 0 Å². The lowest BCUT2D eigenvalue weighted by Gasteiger charge is -2.34. The minimum absolute atomic E-state index is 0.0733. The first-order chi connectivity index (χ1) is 10.1. The lowest BCUT2D eigenvalue weighted by atomic mass is 10.0. The summed E-state index contributed by atoms with van der Waals surface area (Å²) < 4.78 is 0.161. The van der Waals surface area contributed by atoms with Gasteiger partial charge in [0.2, 0.25) is 0 Å². The SMILES string of the molecule is CCCCCCC[N+]1(C(C)=O)C=CCc2cccc(O)c21. The van der Waals surface area contributed by atoms with Gasteiger partial charge in [-0.25, -0.2) is 4.79 Å². The Morgan fingerprint density at radius 3 is 2.71 bits per heavy atom. The third-order valence-electron chi connectivity index (χ3n) is 4.37. The molecule has 1 N–H and O–H groups in total. The first kappa shape index (κ1) is 15.8. The second kappa shape index (κ2) is 6.90. The minimum Gasteiger partial charge on any atom is -0.503 e. The predicted molar refractivity (Wildman–Crippen MR) is 87.1 cm³/mol. The molecule has 3 heteroatoms. The van der Waals surface area contributed by atoms with Crippen molar-refractivity contribution in [3.63, 3.8) is 0 Å². The van der Waals surface area contributed by atoms with Crippen LogP contribution in [0.5, 0.6) is 5.75 Å². The van der Waals surface area contributed by atoms with Crippen molar-refractivity contribution in [2.24, 2.45) is 0 Å². The number of fused-ring (bicyclic) bond motifs is 1. The van der Waals surface area contributed by atoms with E-state index in [0.29, 0.717) is 0 Å². The van der Waals surface area contributed by atoms with E-state index in [-0.39, 0.29) is 16.1 Å². The van der Waals surface area contributed by atoms with Crippen LogP contribution in [0.2, 0.25) is 0 Å². The Labute approximate surface area is 127 Å². The van der Waals surface area contributed by atoms with Crippen molar-refractivity contribution in [1.82, 2.24) is 4.48 Å². The number of amides is 1. The summed E-state index contributed by atoms with van der Waals surface area (Å²) in [7, 11) is 0. The number of carbonyl (C=O) groups excluding carboxylic acids is 1. The molecule has 3 nitrogen and oxygen atoms in total. The normalized spacial score (nSPS) is 20.3. The maximum absolute atomic E-state index is 12.4. The molecule has 0 radical (unpaired) electrons. The van der Waals surface area contributed by atoms with Gasteiger partial charge < -0.3 is 5.11 Å². The lowest BCUT2D eigenvalue weighted by molar-refractivity contribution is -0.126. The van der Waals surface area contributed by atoms with Crippen LogP contribution in [-0.2, 0) is 11.2 Å². The van der Waals surface area contributed by atoms with E-state index in [2.05, 4.69) is 13.0 Å². The number of phenolic OH excluding ortho intramolecular Hbond substituents is 1. The summed E-state index contributed by atoms with van der Waals surface area (Å²) in [5, 5.41) is 10.3. The summed E-state index contributed by atoms with van der Waals surface area (Å²) in [5.41, 5.74) is 1.84. The number of rotatable bonds is 6. The zero-order chi connectivity index (χ0) is 15.3. The topological polar surface area (TPSA) is 37.3 Å². The number of aromatic hydroxyl groups is 1. The second-order valence-corrected chi connectivity index (χ2v) is 5.90. The molecular formula is C18H26NO2+. The molecular weight excluding hydrogens is 262 g/mol. The van der Waals surface area contributed by atoms with Crippen LogP contribution in [0.15, 0.2) is 30.5 Å². The van der Waals surface area contributed by atoms with Crippen LogP contribution < -0.4 is 4.48 Å². The first-order valence-corrected chi connectivity index (χ1v) is 8.00. The average molecular weight is 288 g/mol. The molecule has 0 bridgehead atoms. The molecule has 0 fully saturated rings. The van der Waals surface area contributed by atoms with Gasteiger partial charge >= 0.3 is 5.91 Å². The van der Waals surface area contributed by atoms with Crippen LogP contribution in [-0.4, -0.2) is 17.6 Å². The molecule has 1 heterocycles. The van der Waals surface area contributed by atoms with Crippen molar-refractivity contribution in [3.05, 3.63) is 36.0 Å². The average Bonchev–Trinajstić information content (AvgIpc) is 2.47. The second-order valence-electron chi connectivity index (χ2n) is 5.90. The predicted octanol–water partition coefficient (Wildman–Crippen LogP) is 4.29. The van der Waals surface area contributed by atoms with Gasteiger partial charge in [0.15, 0.2) is 11.4 Å². The number of hydrogen-bond donors (Lipinski definition) is 1. The Bertz CT molecular complexity index is 536. The number of nitrogens with zero attached hydrogens (tertiary/aromatic N) is 1. The number of benzene rings is 1. The number of phenols is 1. The molecule has 0 saturated carbocycles. The van der Waals surface area contributed by atoms with Crippen molar-refractivity contribution in [2.45, 2.75) is 52.4 Å². The molecule has 0 spiro atoms. The van der Waals surface area contributed by atoms with Crippen LogP contribution in [0.4, 0.5) is 5.69 Å². The zero-order valence-electron chi connectivity index (χ0n) is 13.1. The van der Waals surface area contributed by atoms with E-state index in [0.717, 1.165) is 37.1 Å². The van der Waals surface area contributed by atoms with E-state index >= 15 is 0 Å². The molecule has 1 aromatic rings. The van der Waals surface area contributed by atoms with E-state index in [1.165, 1.54) is 19.3 Å². The molecule has 2 rings (SSSR count). The summed E-state index contributed by atoms with van der Waals surface area (Å²) in [6.45, 7) is 4.56. The molecule has 0 aliphatic carbocycles. The van der Waals surface area contributed by atoms with Crippen LogP contribution in [0.1, 0.15) is 51.5 Å². The quantitative estimate of drug-likeness (QED) is 0.626. The fraction of sp³-hybridized carbons (Fsp3) is 0.500. The van der Waals surface area contributed by atoms with Crippen LogP contribution in [0.25, 0.3) is 0 Å². The van der Waals surface area contributed by atoms with Gasteiger partial charge in [-0.1, -0.05) is 38.3 Å². The van der Waals surface area contributed by atoms with Gasteiger partial charge in [0.1, 0.15) is 6.20 Å². The monoisotopic (exact) mass is 288 g/mol. The van der Waals surface area contributed by atoms with Crippen LogP contribution in [0.3, 0.4) is 0 Å². The Kier molecular flexibility index (Phi) is 5.18. The molecule has 1 aromatic carbocycles. The van der Waals surface area contributed by atoms with E-state index in [1.54, 1.807) is 13.0 Å². The smallest absolute Gasteiger partial charge is 0.320 e. The largest absolute Gasteiger partial charge is 0.503 e. The van der Waals surface area contributed by atoms with Crippen molar-refractivity contribution in [2.75, 3.05) is 6.54 Å². The molecule has 114 valence electrons. The van der Waals surface area contributed by atoms with Crippen molar-refractivity contribution in [1.29, 1.82) is 0 Å². The maximum Gasteiger partial charge on any atom is 0.320 e. The fourth-order valence-electron chi connectivity index (χ4n) is 3.21. The van der Waals surface area contributed by atoms with E-state index in [9.17, 15) is 9.90 Å². The summed E-state index contributed by atoms with van der Waals surface area (Å²) in [5.74, 6) is 0.310. The number of para-hydroxylation sites is 1. The number of allylic oxidation sites excluding steroid dienone is 1. The lowest BCUT2D eigenvalue weighted by Crippen LogP contribution is -2.50. The third kappa shape index (κ3) is 3.18. The van der Waals surface area contributed by atoms with Gasteiger partial charge in [-0.05, 0) is 25.0 Å². The Balaban J connectivity index is 2.25. The van der Waals surface area contributed by atoms with Crippen molar-refractivity contribution in [3.8, 4) is 5.75 Å². The van der Waals surface area contributed by atoms with Gasteiger partial charge in [-0.2, -0.15) is 4.48 Å². The number of quaternary nitrogens is 1. The van der Waals surface area contributed by atoms with Gasteiger partial charge in [0.25, 0.3) is 0 Å². The number of carbonyl (C=O) groups is 1. The van der Waals surface area contributed by atoms with E-state index < -0.39 is 0 Å². The van der Waals surface area contributed by atoms with Gasteiger partial charge in [-0.3, -0.25) is 0 Å². The standard InChI is InChI=1S/C18H25NO2/c1-3-4-5-6-7-13-19(15(2)20)14-9-11-16-10-8-12-17(21)18(16)19/h8-10,12,14H,3-7,11,13H2,1-2H3/p+1. The summed E-state index contributed by atoms with van der Waals surface area (Å²) >= 11 is 0. The minimum atomic E-state index is 0.0733. The zero-order valence-corrected chi connectivity index (χ0v) is 13.1. The van der Waals surface area contributed by atoms with Crippen molar-refractivity contribution >= 4 is 11.6 Å². The Morgan fingerprint density at radius 1 is 1.24 bits per heavy atom. The highest BCUT2D eigenvalue weighted by Gasteiger charge is 2.40. The summed E-state index contributed by atoms with van der Waals surface area (Å²) in [6.07, 6.45) is 10.6. The molecule has 1 unspecified atom stereocenters. The third-order valence-corrected chi connectivity index (χ3v) is 4.37. The highest BCUT2D eigenvalue weighted by Crippen LogP contribution is 2.40. The first-order valence-electron chi connectivity index (χ1n) is 8.00. The Hall–Kier alpha value is -1.61. The molecule has 1 atom stereocenters. The molecule has 1 amide bonds. The fourth-order valence-corrected chi connectivity index (χ4v) is 3.21. The van der Waals surface area contributed by atoms with Gasteiger partial charge in [0.05, 0.1) is 13.5 Å². The van der Waals surface area contributed by atoms with Gasteiger partial charge in [-0.15, -0.1) is 0 Å².